The average Bonchev–Trinajstić information content (AvgIpc) is 3.35. The number of hydrogen-bond acceptors (Lipinski definition) is 5. The van der Waals surface area contributed by atoms with Crippen LogP contribution in [0.1, 0.15) is 37.8 Å². The molecule has 3 aromatic rings. The van der Waals surface area contributed by atoms with Crippen LogP contribution in [-0.4, -0.2) is 40.4 Å². The van der Waals surface area contributed by atoms with E-state index in [-0.39, 0.29) is 11.9 Å². The lowest BCUT2D eigenvalue weighted by atomic mass is 10.1. The van der Waals surface area contributed by atoms with Gasteiger partial charge in [0.2, 0.25) is 0 Å². The molecule has 2 unspecified atom stereocenters. The van der Waals surface area contributed by atoms with Crippen molar-refractivity contribution in [1.82, 2.24) is 9.78 Å². The minimum absolute atomic E-state index is 0.0608. The van der Waals surface area contributed by atoms with Crippen LogP contribution < -0.4 is 15.8 Å². The van der Waals surface area contributed by atoms with Crippen LogP contribution in [0, 0.1) is 5.82 Å². The third-order valence-corrected chi connectivity index (χ3v) is 5.86. The van der Waals surface area contributed by atoms with E-state index in [2.05, 4.69) is 10.3 Å². The second-order valence-corrected chi connectivity index (χ2v) is 8.35. The van der Waals surface area contributed by atoms with Crippen LogP contribution in [-0.2, 0) is 0 Å². The summed E-state index contributed by atoms with van der Waals surface area (Å²) in [4.78, 5) is 4.20. The fourth-order valence-electron chi connectivity index (χ4n) is 4.21. The van der Waals surface area contributed by atoms with Crippen molar-refractivity contribution in [2.45, 2.75) is 37.8 Å². The van der Waals surface area contributed by atoms with Gasteiger partial charge in [-0.3, -0.25) is 4.99 Å². The molecule has 0 amide bonds. The lowest BCUT2D eigenvalue weighted by Crippen LogP contribution is -2.21. The zero-order valence-corrected chi connectivity index (χ0v) is 18.5. The van der Waals surface area contributed by atoms with Crippen LogP contribution in [0.15, 0.2) is 53.5 Å². The number of nitrogens with two attached hydrogens (primary N) is 1. The summed E-state index contributed by atoms with van der Waals surface area (Å²) < 4.78 is 20.8. The standard InChI is InChI=1S/C24H28FN5O2/c1-24(31)13-12-17(14-24)30-23(28-3)20(22(26)27-2)21(29-30)15-4-8-18(9-5-15)32-19-10-6-16(25)7-11-19/h4-11,17,28,31H,12-14H2,1-3H3,(H2,26,27). The smallest absolute Gasteiger partial charge is 0.136 e. The summed E-state index contributed by atoms with van der Waals surface area (Å²) in [6.07, 6.45) is 2.17. The molecular formula is C24H28FN5O2. The fourth-order valence-corrected chi connectivity index (χ4v) is 4.21. The van der Waals surface area contributed by atoms with E-state index in [1.807, 2.05) is 42.9 Å². The monoisotopic (exact) mass is 437 g/mol. The van der Waals surface area contributed by atoms with Crippen molar-refractivity contribution < 1.29 is 14.2 Å². The molecule has 0 spiro atoms. The molecule has 1 aromatic heterocycles. The van der Waals surface area contributed by atoms with Crippen LogP contribution in [0.5, 0.6) is 11.5 Å². The van der Waals surface area contributed by atoms with Gasteiger partial charge < -0.3 is 20.9 Å². The number of rotatable bonds is 6. The fraction of sp³-hybridized carbons (Fsp3) is 0.333. The van der Waals surface area contributed by atoms with Crippen LogP contribution in [0.25, 0.3) is 11.3 Å². The molecule has 1 aliphatic rings. The van der Waals surface area contributed by atoms with Gasteiger partial charge in [0, 0.05) is 19.7 Å². The predicted octanol–water partition coefficient (Wildman–Crippen LogP) is 4.33. The van der Waals surface area contributed by atoms with Crippen molar-refractivity contribution >= 4 is 11.7 Å². The molecule has 32 heavy (non-hydrogen) atoms. The Morgan fingerprint density at radius 3 is 2.38 bits per heavy atom. The van der Waals surface area contributed by atoms with E-state index in [4.69, 9.17) is 15.6 Å². The molecule has 2 atom stereocenters. The molecule has 4 N–H and O–H groups in total. The number of halogens is 1. The van der Waals surface area contributed by atoms with E-state index in [1.165, 1.54) is 12.1 Å². The Bertz CT molecular complexity index is 1120. The quantitative estimate of drug-likeness (QED) is 0.394. The van der Waals surface area contributed by atoms with Gasteiger partial charge in [-0.15, -0.1) is 0 Å². The Labute approximate surface area is 186 Å². The minimum atomic E-state index is -0.703. The second kappa shape index (κ2) is 8.63. The van der Waals surface area contributed by atoms with Gasteiger partial charge in [-0.2, -0.15) is 5.10 Å². The highest BCUT2D eigenvalue weighted by Gasteiger charge is 2.36. The van der Waals surface area contributed by atoms with Gasteiger partial charge in [-0.05, 0) is 74.7 Å². The number of amidine groups is 1. The highest BCUT2D eigenvalue weighted by molar-refractivity contribution is 6.07. The molecule has 7 nitrogen and oxygen atoms in total. The lowest BCUT2D eigenvalue weighted by molar-refractivity contribution is 0.0636. The first-order valence-electron chi connectivity index (χ1n) is 10.6. The first-order chi connectivity index (χ1) is 15.3. The Morgan fingerprint density at radius 1 is 1.22 bits per heavy atom. The number of aliphatic hydroxyl groups is 1. The van der Waals surface area contributed by atoms with Crippen molar-refractivity contribution in [3.8, 4) is 22.8 Å². The van der Waals surface area contributed by atoms with E-state index in [9.17, 15) is 9.50 Å². The average molecular weight is 438 g/mol. The first kappa shape index (κ1) is 21.8. The van der Waals surface area contributed by atoms with Gasteiger partial charge in [-0.1, -0.05) is 0 Å². The first-order valence-corrected chi connectivity index (χ1v) is 10.6. The predicted molar refractivity (Wildman–Crippen MR) is 124 cm³/mol. The molecule has 168 valence electrons. The molecule has 0 radical (unpaired) electrons. The van der Waals surface area contributed by atoms with Crippen LogP contribution >= 0.6 is 0 Å². The topological polar surface area (TPSA) is 97.7 Å². The molecule has 1 saturated carbocycles. The zero-order valence-electron chi connectivity index (χ0n) is 18.5. The number of nitrogens with zero attached hydrogens (tertiary/aromatic N) is 3. The van der Waals surface area contributed by atoms with Crippen molar-refractivity contribution in [1.29, 1.82) is 0 Å². The Kier molecular flexibility index (Phi) is 5.88. The molecule has 1 aliphatic carbocycles. The van der Waals surface area contributed by atoms with Gasteiger partial charge >= 0.3 is 0 Å². The summed E-state index contributed by atoms with van der Waals surface area (Å²) in [5.41, 5.74) is 7.86. The molecule has 0 aliphatic heterocycles. The van der Waals surface area contributed by atoms with E-state index in [1.54, 1.807) is 19.2 Å². The number of hydrogen-bond donors (Lipinski definition) is 3. The molecule has 1 fully saturated rings. The highest BCUT2D eigenvalue weighted by atomic mass is 19.1. The largest absolute Gasteiger partial charge is 0.457 e. The molecule has 2 aromatic carbocycles. The number of nitrogens with one attached hydrogen (secondary N) is 1. The van der Waals surface area contributed by atoms with Crippen molar-refractivity contribution in [2.75, 3.05) is 19.4 Å². The minimum Gasteiger partial charge on any atom is -0.457 e. The second-order valence-electron chi connectivity index (χ2n) is 8.35. The van der Waals surface area contributed by atoms with Gasteiger partial charge in [-0.25, -0.2) is 9.07 Å². The molecule has 4 rings (SSSR count). The van der Waals surface area contributed by atoms with Gasteiger partial charge in [0.05, 0.1) is 17.2 Å². The van der Waals surface area contributed by atoms with E-state index in [0.29, 0.717) is 29.4 Å². The van der Waals surface area contributed by atoms with Crippen LogP contribution in [0.2, 0.25) is 0 Å². The highest BCUT2D eigenvalue weighted by Crippen LogP contribution is 2.41. The lowest BCUT2D eigenvalue weighted by Gasteiger charge is -2.18. The zero-order chi connectivity index (χ0) is 22.9. The van der Waals surface area contributed by atoms with Crippen molar-refractivity contribution in [2.24, 2.45) is 10.7 Å². The summed E-state index contributed by atoms with van der Waals surface area (Å²) in [5.74, 6) is 2.02. The van der Waals surface area contributed by atoms with Crippen molar-refractivity contribution in [3.63, 3.8) is 0 Å². The molecule has 1 heterocycles. The normalized spacial score (nSPS) is 21.0. The van der Waals surface area contributed by atoms with Gasteiger partial charge in [0.15, 0.2) is 0 Å². The summed E-state index contributed by atoms with van der Waals surface area (Å²) in [6, 6.07) is 13.4. The van der Waals surface area contributed by atoms with Gasteiger partial charge in [0.25, 0.3) is 0 Å². The maximum Gasteiger partial charge on any atom is 0.136 e. The van der Waals surface area contributed by atoms with Crippen LogP contribution in [0.4, 0.5) is 10.2 Å². The van der Waals surface area contributed by atoms with Crippen LogP contribution in [0.3, 0.4) is 0 Å². The number of benzene rings is 2. The number of anilines is 1. The maximum atomic E-state index is 13.1. The Morgan fingerprint density at radius 2 is 1.84 bits per heavy atom. The SMILES string of the molecule is CN=C(N)c1c(-c2ccc(Oc3ccc(F)cc3)cc2)nn(C2CCC(C)(O)C2)c1NC. The molecule has 0 bridgehead atoms. The summed E-state index contributed by atoms with van der Waals surface area (Å²) in [7, 11) is 3.48. The summed E-state index contributed by atoms with van der Waals surface area (Å²) in [6.45, 7) is 1.86. The molecule has 0 saturated heterocycles. The summed E-state index contributed by atoms with van der Waals surface area (Å²) >= 11 is 0. The number of aliphatic imine (C=N–C) groups is 1. The molecular weight excluding hydrogens is 409 g/mol. The third kappa shape index (κ3) is 4.31. The maximum absolute atomic E-state index is 13.1. The third-order valence-electron chi connectivity index (χ3n) is 5.86. The van der Waals surface area contributed by atoms with E-state index >= 15 is 0 Å². The Hall–Kier alpha value is -3.39. The van der Waals surface area contributed by atoms with Crippen molar-refractivity contribution in [3.05, 3.63) is 59.9 Å². The van der Waals surface area contributed by atoms with E-state index in [0.717, 1.165) is 29.8 Å². The van der Waals surface area contributed by atoms with E-state index < -0.39 is 5.60 Å². The summed E-state index contributed by atoms with van der Waals surface area (Å²) in [5, 5.41) is 18.6. The number of aromatic nitrogens is 2. The van der Waals surface area contributed by atoms with Gasteiger partial charge in [0.1, 0.15) is 34.7 Å². The Balaban J connectivity index is 1.69. The number of ether oxygens (including phenoxy) is 1. The molecule has 8 heteroatoms.